The predicted molar refractivity (Wildman–Crippen MR) is 96.4 cm³/mol. The Hall–Kier alpha value is -1.56. The number of hydrogen-bond acceptors (Lipinski definition) is 3. The zero-order chi connectivity index (χ0) is 17.0. The highest BCUT2D eigenvalue weighted by Crippen LogP contribution is 2.35. The van der Waals surface area contributed by atoms with Crippen molar-refractivity contribution in [2.24, 2.45) is 0 Å². The smallest absolute Gasteiger partial charge is 0.164 e. The van der Waals surface area contributed by atoms with Crippen LogP contribution < -0.4 is 0 Å². The molecule has 0 saturated heterocycles. The first-order valence-electron chi connectivity index (χ1n) is 7.23. The van der Waals surface area contributed by atoms with Gasteiger partial charge in [0.1, 0.15) is 0 Å². The number of aromatic nitrogens is 3. The number of hydrogen-bond donors (Lipinski definition) is 0. The van der Waals surface area contributed by atoms with Crippen molar-refractivity contribution < 1.29 is 4.39 Å². The molecule has 24 heavy (non-hydrogen) atoms. The minimum atomic E-state index is -1.61. The zero-order valence-corrected chi connectivity index (χ0v) is 14.9. The van der Waals surface area contributed by atoms with Crippen molar-refractivity contribution in [3.63, 3.8) is 0 Å². The van der Waals surface area contributed by atoms with Crippen molar-refractivity contribution in [1.29, 1.82) is 0 Å². The fourth-order valence-corrected chi connectivity index (χ4v) is 3.51. The summed E-state index contributed by atoms with van der Waals surface area (Å²) in [6.45, 7) is 0.0786. The van der Waals surface area contributed by atoms with E-state index in [1.54, 1.807) is 42.6 Å². The lowest BCUT2D eigenvalue weighted by molar-refractivity contribution is 0.160. The van der Waals surface area contributed by atoms with Crippen LogP contribution in [0.4, 0.5) is 4.39 Å². The van der Waals surface area contributed by atoms with E-state index in [1.165, 1.54) is 22.6 Å². The first-order valence-corrected chi connectivity index (χ1v) is 8.97. The number of benzene rings is 2. The summed E-state index contributed by atoms with van der Waals surface area (Å²) < 4.78 is 17.3. The largest absolute Gasteiger partial charge is 0.249 e. The maximum absolute atomic E-state index is 15.8. The van der Waals surface area contributed by atoms with Crippen LogP contribution in [0, 0.1) is 0 Å². The van der Waals surface area contributed by atoms with Gasteiger partial charge in [-0.3, -0.25) is 0 Å². The van der Waals surface area contributed by atoms with Gasteiger partial charge in [-0.25, -0.2) is 9.07 Å². The summed E-state index contributed by atoms with van der Waals surface area (Å²) >= 11 is 13.2. The molecule has 1 heterocycles. The molecule has 1 atom stereocenters. The van der Waals surface area contributed by atoms with Gasteiger partial charge in [0.05, 0.1) is 12.7 Å². The molecule has 0 aliphatic heterocycles. The van der Waals surface area contributed by atoms with Gasteiger partial charge in [0, 0.05) is 26.9 Å². The number of halogens is 3. The van der Waals surface area contributed by atoms with E-state index in [4.69, 9.17) is 23.2 Å². The van der Waals surface area contributed by atoms with E-state index in [0.29, 0.717) is 15.6 Å². The molecule has 0 bridgehead atoms. The Morgan fingerprint density at radius 2 is 1.62 bits per heavy atom. The van der Waals surface area contributed by atoms with Gasteiger partial charge in [0.2, 0.25) is 0 Å². The van der Waals surface area contributed by atoms with Crippen molar-refractivity contribution >= 4 is 35.0 Å². The summed E-state index contributed by atoms with van der Waals surface area (Å²) in [6, 6.07) is 14.2. The van der Waals surface area contributed by atoms with Gasteiger partial charge in [-0.05, 0) is 42.0 Å². The van der Waals surface area contributed by atoms with E-state index < -0.39 is 5.67 Å². The maximum Gasteiger partial charge on any atom is 0.164 e. The average Bonchev–Trinajstić information content (AvgIpc) is 3.08. The Morgan fingerprint density at radius 1 is 1.00 bits per heavy atom. The SMILES string of the molecule is FC(CSc1ccc(Cl)cc1)(Cn1ccnn1)c1ccc(Cl)cc1. The standard InChI is InChI=1S/C17H14Cl2FN3S/c18-14-3-1-13(2-4-14)17(20,11-23-10-9-21-22-23)12-24-16-7-5-15(19)6-8-16/h1-10H,11-12H2. The summed E-state index contributed by atoms with van der Waals surface area (Å²) in [7, 11) is 0. The summed E-state index contributed by atoms with van der Waals surface area (Å²) in [5.74, 6) is 0.232. The van der Waals surface area contributed by atoms with Crippen LogP contribution >= 0.6 is 35.0 Å². The molecule has 0 radical (unpaired) electrons. The van der Waals surface area contributed by atoms with Crippen LogP contribution in [-0.4, -0.2) is 20.7 Å². The van der Waals surface area contributed by atoms with Gasteiger partial charge in [0.15, 0.2) is 5.67 Å². The van der Waals surface area contributed by atoms with Gasteiger partial charge >= 0.3 is 0 Å². The van der Waals surface area contributed by atoms with Crippen molar-refractivity contribution in [2.75, 3.05) is 5.75 Å². The third-order valence-electron chi connectivity index (χ3n) is 3.53. The molecule has 0 spiro atoms. The second-order valence-electron chi connectivity index (χ2n) is 5.32. The molecule has 0 aliphatic rings. The second kappa shape index (κ2) is 7.55. The van der Waals surface area contributed by atoms with Crippen LogP contribution in [0.1, 0.15) is 5.56 Å². The second-order valence-corrected chi connectivity index (χ2v) is 7.24. The Labute approximate surface area is 153 Å². The molecular formula is C17H14Cl2FN3S. The lowest BCUT2D eigenvalue weighted by Gasteiger charge is -2.25. The molecule has 124 valence electrons. The molecule has 3 nitrogen and oxygen atoms in total. The highest BCUT2D eigenvalue weighted by molar-refractivity contribution is 7.99. The van der Waals surface area contributed by atoms with Gasteiger partial charge < -0.3 is 0 Å². The quantitative estimate of drug-likeness (QED) is 0.546. The van der Waals surface area contributed by atoms with Crippen LogP contribution in [-0.2, 0) is 12.2 Å². The molecule has 1 aromatic heterocycles. The van der Waals surface area contributed by atoms with Crippen LogP contribution in [0.5, 0.6) is 0 Å². The molecule has 0 amide bonds. The van der Waals surface area contributed by atoms with Crippen molar-refractivity contribution in [2.45, 2.75) is 17.1 Å². The number of nitrogens with zero attached hydrogens (tertiary/aromatic N) is 3. The van der Waals surface area contributed by atoms with E-state index in [2.05, 4.69) is 10.3 Å². The normalized spacial score (nSPS) is 13.6. The Balaban J connectivity index is 1.83. The van der Waals surface area contributed by atoms with Crippen LogP contribution in [0.25, 0.3) is 0 Å². The molecule has 1 unspecified atom stereocenters. The predicted octanol–water partition coefficient (Wildman–Crippen LogP) is 5.24. The molecule has 0 aliphatic carbocycles. The van der Waals surface area contributed by atoms with Gasteiger partial charge in [-0.1, -0.05) is 40.5 Å². The van der Waals surface area contributed by atoms with E-state index >= 15 is 4.39 Å². The average molecular weight is 382 g/mol. The lowest BCUT2D eigenvalue weighted by atomic mass is 9.98. The summed E-state index contributed by atoms with van der Waals surface area (Å²) in [4.78, 5) is 0.953. The van der Waals surface area contributed by atoms with Crippen LogP contribution in [0.15, 0.2) is 65.8 Å². The van der Waals surface area contributed by atoms with Gasteiger partial charge in [-0.2, -0.15) is 0 Å². The number of alkyl halides is 1. The Morgan fingerprint density at radius 3 is 2.21 bits per heavy atom. The molecule has 0 fully saturated rings. The third kappa shape index (κ3) is 4.29. The number of rotatable bonds is 6. The zero-order valence-electron chi connectivity index (χ0n) is 12.6. The third-order valence-corrected chi connectivity index (χ3v) is 5.24. The molecular weight excluding hydrogens is 368 g/mol. The molecule has 0 saturated carbocycles. The molecule has 3 rings (SSSR count). The van der Waals surface area contributed by atoms with E-state index in [9.17, 15) is 0 Å². The van der Waals surface area contributed by atoms with E-state index in [-0.39, 0.29) is 12.3 Å². The van der Waals surface area contributed by atoms with Crippen molar-refractivity contribution in [3.8, 4) is 0 Å². The topological polar surface area (TPSA) is 30.7 Å². The van der Waals surface area contributed by atoms with Gasteiger partial charge in [0.25, 0.3) is 0 Å². The first kappa shape index (κ1) is 17.3. The molecule has 0 N–H and O–H groups in total. The minimum absolute atomic E-state index is 0.0786. The van der Waals surface area contributed by atoms with Crippen LogP contribution in [0.2, 0.25) is 10.0 Å². The molecule has 3 aromatic rings. The fourth-order valence-electron chi connectivity index (χ4n) is 2.27. The first-order chi connectivity index (χ1) is 11.5. The van der Waals surface area contributed by atoms with Crippen molar-refractivity contribution in [3.05, 3.63) is 76.5 Å². The highest BCUT2D eigenvalue weighted by atomic mass is 35.5. The summed E-state index contributed by atoms with van der Waals surface area (Å²) in [6.07, 6.45) is 3.19. The highest BCUT2D eigenvalue weighted by Gasteiger charge is 2.33. The van der Waals surface area contributed by atoms with Crippen LogP contribution in [0.3, 0.4) is 0 Å². The van der Waals surface area contributed by atoms with Crippen molar-refractivity contribution in [1.82, 2.24) is 15.0 Å². The summed E-state index contributed by atoms with van der Waals surface area (Å²) in [5.41, 5.74) is -1.05. The fraction of sp³-hybridized carbons (Fsp3) is 0.176. The molecule has 7 heteroatoms. The van der Waals surface area contributed by atoms with E-state index in [0.717, 1.165) is 4.90 Å². The lowest BCUT2D eigenvalue weighted by Crippen LogP contribution is -2.30. The molecule has 2 aromatic carbocycles. The van der Waals surface area contributed by atoms with Gasteiger partial charge in [-0.15, -0.1) is 16.9 Å². The van der Waals surface area contributed by atoms with E-state index in [1.807, 2.05) is 12.1 Å². The monoisotopic (exact) mass is 381 g/mol. The Kier molecular flexibility index (Phi) is 5.43. The Bertz CT molecular complexity index is 779. The minimum Gasteiger partial charge on any atom is -0.249 e. The maximum atomic E-state index is 15.8. The number of thioether (sulfide) groups is 1. The summed E-state index contributed by atoms with van der Waals surface area (Å²) in [5, 5.41) is 8.87.